The van der Waals surface area contributed by atoms with Crippen LogP contribution in [0.2, 0.25) is 0 Å². The third-order valence-electron chi connectivity index (χ3n) is 5.93. The zero-order valence-electron chi connectivity index (χ0n) is 16.8. The first kappa shape index (κ1) is 19.6. The van der Waals surface area contributed by atoms with Gasteiger partial charge in [-0.2, -0.15) is 0 Å². The summed E-state index contributed by atoms with van der Waals surface area (Å²) in [7, 11) is 0. The monoisotopic (exact) mass is 403 g/mol. The molecule has 1 amide bonds. The van der Waals surface area contributed by atoms with Gasteiger partial charge in [0.2, 0.25) is 0 Å². The number of rotatable bonds is 7. The lowest BCUT2D eigenvalue weighted by molar-refractivity contribution is 0.0951. The van der Waals surface area contributed by atoms with Gasteiger partial charge in [-0.15, -0.1) is 11.3 Å². The van der Waals surface area contributed by atoms with E-state index in [-0.39, 0.29) is 5.91 Å². The van der Waals surface area contributed by atoms with Crippen LogP contribution in [0.3, 0.4) is 0 Å². The molecule has 0 aromatic carbocycles. The molecule has 1 saturated heterocycles. The van der Waals surface area contributed by atoms with Crippen molar-refractivity contribution in [2.24, 2.45) is 5.92 Å². The Balaban J connectivity index is 1.30. The fourth-order valence-electron chi connectivity index (χ4n) is 4.16. The van der Waals surface area contributed by atoms with Gasteiger partial charge in [-0.3, -0.25) is 9.69 Å². The average molecular weight is 404 g/mol. The molecule has 2 aliphatic heterocycles. The topological polar surface area (TPSA) is 67.6 Å². The molecule has 1 N–H and O–H groups in total. The first-order chi connectivity index (χ1) is 13.6. The van der Waals surface area contributed by atoms with Crippen molar-refractivity contribution in [3.8, 4) is 0 Å². The number of nitrogens with zero attached hydrogens (tertiary/aromatic N) is 2. The second kappa shape index (κ2) is 8.76. The van der Waals surface area contributed by atoms with Crippen LogP contribution in [-0.2, 0) is 24.2 Å². The van der Waals surface area contributed by atoms with Crippen LogP contribution < -0.4 is 5.32 Å². The number of carbonyl (C=O) groups excluding carboxylic acids is 1. The minimum atomic E-state index is 0.0827. The predicted molar refractivity (Wildman–Crippen MR) is 109 cm³/mol. The van der Waals surface area contributed by atoms with E-state index in [1.807, 2.05) is 19.2 Å². The molecule has 1 atom stereocenters. The van der Waals surface area contributed by atoms with Crippen LogP contribution in [0.5, 0.6) is 0 Å². The molecule has 4 heterocycles. The Morgan fingerprint density at radius 1 is 1.43 bits per heavy atom. The summed E-state index contributed by atoms with van der Waals surface area (Å²) in [5.74, 6) is 1.66. The number of amides is 1. The van der Waals surface area contributed by atoms with Gasteiger partial charge in [0.1, 0.15) is 5.76 Å². The van der Waals surface area contributed by atoms with Gasteiger partial charge < -0.3 is 14.6 Å². The van der Waals surface area contributed by atoms with E-state index in [0.717, 1.165) is 82.1 Å². The average Bonchev–Trinajstić information content (AvgIpc) is 3.42. The number of carbonyl (C=O) groups is 1. The normalized spacial score (nSPS) is 19.7. The maximum atomic E-state index is 12.6. The van der Waals surface area contributed by atoms with Crippen LogP contribution in [0.25, 0.3) is 0 Å². The molecule has 0 bridgehead atoms. The Labute approximate surface area is 170 Å². The van der Waals surface area contributed by atoms with E-state index in [0.29, 0.717) is 5.92 Å². The minimum absolute atomic E-state index is 0.0827. The van der Waals surface area contributed by atoms with Gasteiger partial charge in [-0.25, -0.2) is 0 Å². The van der Waals surface area contributed by atoms with Crippen LogP contribution in [0, 0.1) is 19.8 Å². The van der Waals surface area contributed by atoms with E-state index in [2.05, 4.69) is 15.4 Å². The molecular formula is C21H29N3O3S. The van der Waals surface area contributed by atoms with E-state index < -0.39 is 0 Å². The van der Waals surface area contributed by atoms with Gasteiger partial charge in [-0.05, 0) is 51.0 Å². The molecule has 4 rings (SSSR count). The summed E-state index contributed by atoms with van der Waals surface area (Å²) in [6.07, 6.45) is 4.25. The molecule has 0 unspecified atom stereocenters. The largest absolute Gasteiger partial charge is 0.381 e. The summed E-state index contributed by atoms with van der Waals surface area (Å²) in [5.41, 5.74) is 4.27. The van der Waals surface area contributed by atoms with E-state index in [9.17, 15) is 4.79 Å². The highest BCUT2D eigenvalue weighted by molar-refractivity contribution is 7.10. The molecule has 0 saturated carbocycles. The molecule has 2 aliphatic rings. The summed E-state index contributed by atoms with van der Waals surface area (Å²) < 4.78 is 10.7. The van der Waals surface area contributed by atoms with Crippen molar-refractivity contribution in [2.45, 2.75) is 52.6 Å². The summed E-state index contributed by atoms with van der Waals surface area (Å²) in [6, 6.07) is 0. The zero-order valence-corrected chi connectivity index (χ0v) is 17.6. The van der Waals surface area contributed by atoms with Gasteiger partial charge in [0, 0.05) is 55.2 Å². The third-order valence-corrected chi connectivity index (χ3v) is 6.95. The molecule has 6 nitrogen and oxygen atoms in total. The third kappa shape index (κ3) is 4.31. The number of nitrogens with one attached hydrogen (secondary N) is 1. The molecule has 28 heavy (non-hydrogen) atoms. The number of aromatic nitrogens is 1. The number of hydrogen-bond donors (Lipinski definition) is 1. The lowest BCUT2D eigenvalue weighted by Crippen LogP contribution is -2.31. The van der Waals surface area contributed by atoms with Crippen molar-refractivity contribution < 1.29 is 14.1 Å². The van der Waals surface area contributed by atoms with Crippen LogP contribution in [-0.4, -0.2) is 42.3 Å². The minimum Gasteiger partial charge on any atom is -0.381 e. The first-order valence-electron chi connectivity index (χ1n) is 10.2. The smallest absolute Gasteiger partial charge is 0.252 e. The summed E-state index contributed by atoms with van der Waals surface area (Å²) in [5, 5.41) is 9.20. The molecule has 2 aromatic heterocycles. The number of ether oxygens (including phenoxy) is 1. The fraction of sp³-hybridized carbons (Fsp3) is 0.619. The molecule has 0 radical (unpaired) electrons. The van der Waals surface area contributed by atoms with E-state index in [1.165, 1.54) is 16.0 Å². The van der Waals surface area contributed by atoms with Gasteiger partial charge in [0.05, 0.1) is 11.3 Å². The Hall–Kier alpha value is -1.70. The fourth-order valence-corrected chi connectivity index (χ4v) is 5.28. The second-order valence-corrected chi connectivity index (χ2v) is 8.91. The zero-order chi connectivity index (χ0) is 19.5. The standard InChI is InChI=1S/C21H29N3O3S/c1-14-18(15(2)27-23-14)10-24-8-5-17-19(13-28-20(17)11-24)21(25)22-7-3-4-16-6-9-26-12-16/h13,16H,3-12H2,1-2H3,(H,22,25)/t16-/m0/s1. The number of hydrogen-bond acceptors (Lipinski definition) is 6. The predicted octanol–water partition coefficient (Wildman–Crippen LogP) is 3.46. The van der Waals surface area contributed by atoms with Crippen molar-refractivity contribution in [1.29, 1.82) is 0 Å². The van der Waals surface area contributed by atoms with Crippen molar-refractivity contribution in [3.05, 3.63) is 38.4 Å². The lowest BCUT2D eigenvalue weighted by atomic mass is 10.0. The molecule has 0 aliphatic carbocycles. The highest BCUT2D eigenvalue weighted by Crippen LogP contribution is 2.30. The Bertz CT molecular complexity index is 803. The van der Waals surface area contributed by atoms with Crippen molar-refractivity contribution in [2.75, 3.05) is 26.3 Å². The Morgan fingerprint density at radius 2 is 2.32 bits per heavy atom. The van der Waals surface area contributed by atoms with E-state index >= 15 is 0 Å². The Kier molecular flexibility index (Phi) is 6.13. The maximum absolute atomic E-state index is 12.6. The number of aryl methyl sites for hydroxylation is 2. The highest BCUT2D eigenvalue weighted by atomic mass is 32.1. The molecule has 1 fully saturated rings. The molecule has 0 spiro atoms. The summed E-state index contributed by atoms with van der Waals surface area (Å²) in [4.78, 5) is 16.4. The first-order valence-corrected chi connectivity index (χ1v) is 11.1. The molecule has 7 heteroatoms. The lowest BCUT2D eigenvalue weighted by Gasteiger charge is -2.27. The van der Waals surface area contributed by atoms with Gasteiger partial charge >= 0.3 is 0 Å². The number of fused-ring (bicyclic) bond motifs is 1. The second-order valence-electron chi connectivity index (χ2n) is 7.94. The van der Waals surface area contributed by atoms with Gasteiger partial charge in [0.15, 0.2) is 0 Å². The summed E-state index contributed by atoms with van der Waals surface area (Å²) in [6.45, 7) is 9.19. The van der Waals surface area contributed by atoms with Crippen molar-refractivity contribution in [3.63, 3.8) is 0 Å². The molecular weight excluding hydrogens is 374 g/mol. The maximum Gasteiger partial charge on any atom is 0.252 e. The Morgan fingerprint density at radius 3 is 3.07 bits per heavy atom. The quantitative estimate of drug-likeness (QED) is 0.717. The van der Waals surface area contributed by atoms with Gasteiger partial charge in [-0.1, -0.05) is 5.16 Å². The van der Waals surface area contributed by atoms with Crippen LogP contribution in [0.4, 0.5) is 0 Å². The number of thiophene rings is 1. The van der Waals surface area contributed by atoms with E-state index in [4.69, 9.17) is 9.26 Å². The van der Waals surface area contributed by atoms with Crippen molar-refractivity contribution >= 4 is 17.2 Å². The molecule has 152 valence electrons. The van der Waals surface area contributed by atoms with Crippen LogP contribution >= 0.6 is 11.3 Å². The van der Waals surface area contributed by atoms with Gasteiger partial charge in [0.25, 0.3) is 5.91 Å². The molecule has 2 aromatic rings. The van der Waals surface area contributed by atoms with E-state index in [1.54, 1.807) is 11.3 Å². The highest BCUT2D eigenvalue weighted by Gasteiger charge is 2.25. The SMILES string of the molecule is Cc1noc(C)c1CN1CCc2c(C(=O)NCCC[C@H]3CCOC3)csc2C1. The van der Waals surface area contributed by atoms with Crippen molar-refractivity contribution in [1.82, 2.24) is 15.4 Å². The van der Waals surface area contributed by atoms with Crippen LogP contribution in [0.1, 0.15) is 57.1 Å². The summed E-state index contributed by atoms with van der Waals surface area (Å²) >= 11 is 1.71. The van der Waals surface area contributed by atoms with Crippen LogP contribution in [0.15, 0.2) is 9.90 Å².